The van der Waals surface area contributed by atoms with Crippen LogP contribution >= 0.6 is 11.6 Å². The highest BCUT2D eigenvalue weighted by molar-refractivity contribution is 6.30. The zero-order valence-corrected chi connectivity index (χ0v) is 16.8. The summed E-state index contributed by atoms with van der Waals surface area (Å²) < 4.78 is 6.10. The minimum absolute atomic E-state index is 0.361. The number of hydrogen-bond acceptors (Lipinski definition) is 3. The number of benzene rings is 2. The van der Waals surface area contributed by atoms with E-state index in [-0.39, 0.29) is 0 Å². The summed E-state index contributed by atoms with van der Waals surface area (Å²) in [6.07, 6.45) is 6.10. The predicted octanol–water partition coefficient (Wildman–Crippen LogP) is 5.48. The van der Waals surface area contributed by atoms with Gasteiger partial charge in [0.05, 0.1) is 12.2 Å². The maximum atomic E-state index is 10.3. The molecule has 0 spiro atoms. The Morgan fingerprint density at radius 1 is 1.04 bits per heavy atom. The van der Waals surface area contributed by atoms with Crippen LogP contribution in [0.3, 0.4) is 0 Å². The zero-order chi connectivity index (χ0) is 19.1. The molecule has 2 unspecified atom stereocenters. The Hall–Kier alpha value is -1.55. The van der Waals surface area contributed by atoms with Gasteiger partial charge in [0, 0.05) is 18.1 Å². The Morgan fingerprint density at radius 2 is 1.78 bits per heavy atom. The first-order chi connectivity index (χ1) is 13.1. The van der Waals surface area contributed by atoms with Crippen molar-refractivity contribution < 1.29 is 9.84 Å². The molecule has 0 aromatic heterocycles. The van der Waals surface area contributed by atoms with Gasteiger partial charge < -0.3 is 15.2 Å². The highest BCUT2D eigenvalue weighted by Crippen LogP contribution is 2.25. The van der Waals surface area contributed by atoms with Gasteiger partial charge in [-0.25, -0.2) is 0 Å². The summed E-state index contributed by atoms with van der Waals surface area (Å²) in [6, 6.07) is 15.8. The van der Waals surface area contributed by atoms with Crippen molar-refractivity contribution in [1.29, 1.82) is 0 Å². The van der Waals surface area contributed by atoms with Crippen LogP contribution in [0.25, 0.3) is 0 Å². The number of ether oxygens (including phenoxy) is 1. The summed E-state index contributed by atoms with van der Waals surface area (Å²) in [6.45, 7) is 3.50. The van der Waals surface area contributed by atoms with Crippen LogP contribution in [0.5, 0.6) is 5.75 Å². The lowest BCUT2D eigenvalue weighted by molar-refractivity contribution is 0.155. The van der Waals surface area contributed by atoms with Crippen molar-refractivity contribution in [2.24, 2.45) is 0 Å². The van der Waals surface area contributed by atoms with Gasteiger partial charge in [-0.2, -0.15) is 0 Å². The third-order valence-corrected chi connectivity index (χ3v) is 5.56. The molecule has 0 heterocycles. The molecule has 0 aliphatic heterocycles. The first-order valence-electron chi connectivity index (χ1n) is 10.0. The molecule has 2 N–H and O–H groups in total. The van der Waals surface area contributed by atoms with Crippen molar-refractivity contribution in [1.82, 2.24) is 5.32 Å². The van der Waals surface area contributed by atoms with E-state index in [1.165, 1.54) is 37.7 Å². The van der Waals surface area contributed by atoms with E-state index >= 15 is 0 Å². The van der Waals surface area contributed by atoms with Gasteiger partial charge in [0.25, 0.3) is 0 Å². The Morgan fingerprint density at radius 3 is 2.48 bits per heavy atom. The van der Waals surface area contributed by atoms with Gasteiger partial charge in [-0.3, -0.25) is 0 Å². The predicted molar refractivity (Wildman–Crippen MR) is 112 cm³/mol. The van der Waals surface area contributed by atoms with Crippen LogP contribution in [0, 0.1) is 0 Å². The molecule has 3 nitrogen and oxygen atoms in total. The van der Waals surface area contributed by atoms with Crippen LogP contribution in [0.4, 0.5) is 0 Å². The fourth-order valence-electron chi connectivity index (χ4n) is 3.64. The molecular weight excluding hydrogens is 358 g/mol. The fraction of sp³-hybridized carbons (Fsp3) is 0.478. The molecular formula is C23H30ClNO2. The number of aliphatic hydroxyl groups is 1. The molecule has 1 aliphatic rings. The Kier molecular flexibility index (Phi) is 7.57. The van der Waals surface area contributed by atoms with Crippen molar-refractivity contribution in [3.05, 3.63) is 64.7 Å². The van der Waals surface area contributed by atoms with E-state index in [0.29, 0.717) is 23.6 Å². The average Bonchev–Trinajstić information content (AvgIpc) is 2.69. The van der Waals surface area contributed by atoms with Gasteiger partial charge in [-0.15, -0.1) is 0 Å². The molecule has 2 atom stereocenters. The maximum absolute atomic E-state index is 10.3. The molecule has 3 rings (SSSR count). The molecule has 0 saturated heterocycles. The minimum Gasteiger partial charge on any atom is -0.490 e. The molecule has 2 aromatic carbocycles. The van der Waals surface area contributed by atoms with Crippen molar-refractivity contribution in [2.45, 2.75) is 57.2 Å². The molecule has 146 valence electrons. The van der Waals surface area contributed by atoms with E-state index in [9.17, 15) is 5.11 Å². The molecule has 0 amide bonds. The average molecular weight is 388 g/mol. The summed E-state index contributed by atoms with van der Waals surface area (Å²) in [7, 11) is 0. The first kappa shape index (κ1) is 20.2. The van der Waals surface area contributed by atoms with Crippen molar-refractivity contribution in [3.63, 3.8) is 0 Å². The van der Waals surface area contributed by atoms with Gasteiger partial charge in [-0.05, 0) is 67.0 Å². The second-order valence-corrected chi connectivity index (χ2v) is 8.01. The highest BCUT2D eigenvalue weighted by Gasteiger charge is 2.15. The Bertz CT molecular complexity index is 698. The van der Waals surface area contributed by atoms with E-state index in [1.807, 2.05) is 24.3 Å². The largest absolute Gasteiger partial charge is 0.490 e. The highest BCUT2D eigenvalue weighted by atomic mass is 35.5. The van der Waals surface area contributed by atoms with Crippen LogP contribution in [-0.2, 0) is 0 Å². The summed E-state index contributed by atoms with van der Waals surface area (Å²) in [4.78, 5) is 0. The number of halogens is 1. The molecule has 1 aliphatic carbocycles. The molecule has 0 radical (unpaired) electrons. The monoisotopic (exact) mass is 387 g/mol. The first-order valence-corrected chi connectivity index (χ1v) is 10.4. The molecule has 1 fully saturated rings. The summed E-state index contributed by atoms with van der Waals surface area (Å²) in [5.74, 6) is 1.34. The van der Waals surface area contributed by atoms with Gasteiger partial charge in [0.1, 0.15) is 5.75 Å². The SMILES string of the molecule is CC(CNCC(O)c1cccc(Cl)c1)c1ccc(OC2CCCCC2)cc1. The zero-order valence-electron chi connectivity index (χ0n) is 16.0. The number of hydrogen-bond donors (Lipinski definition) is 2. The maximum Gasteiger partial charge on any atom is 0.119 e. The van der Waals surface area contributed by atoms with Crippen LogP contribution in [0.1, 0.15) is 62.2 Å². The second-order valence-electron chi connectivity index (χ2n) is 7.58. The number of aliphatic hydroxyl groups excluding tert-OH is 1. The summed E-state index contributed by atoms with van der Waals surface area (Å²) in [5.41, 5.74) is 2.11. The van der Waals surface area contributed by atoms with Crippen LogP contribution in [0.2, 0.25) is 5.02 Å². The van der Waals surface area contributed by atoms with Gasteiger partial charge in [-0.1, -0.05) is 49.2 Å². The Balaban J connectivity index is 1.44. The van der Waals surface area contributed by atoms with Crippen LogP contribution in [-0.4, -0.2) is 24.3 Å². The number of rotatable bonds is 8. The molecule has 4 heteroatoms. The quantitative estimate of drug-likeness (QED) is 0.630. The van der Waals surface area contributed by atoms with E-state index in [2.05, 4.69) is 36.5 Å². The Labute approximate surface area is 167 Å². The van der Waals surface area contributed by atoms with E-state index in [0.717, 1.165) is 17.9 Å². The van der Waals surface area contributed by atoms with Crippen molar-refractivity contribution >= 4 is 11.6 Å². The van der Waals surface area contributed by atoms with E-state index in [4.69, 9.17) is 16.3 Å². The topological polar surface area (TPSA) is 41.5 Å². The normalized spacial score (nSPS) is 17.4. The van der Waals surface area contributed by atoms with Gasteiger partial charge in [0.2, 0.25) is 0 Å². The third kappa shape index (κ3) is 6.24. The van der Waals surface area contributed by atoms with Crippen LogP contribution < -0.4 is 10.1 Å². The third-order valence-electron chi connectivity index (χ3n) is 5.33. The minimum atomic E-state index is -0.554. The number of nitrogens with one attached hydrogen (secondary N) is 1. The summed E-state index contributed by atoms with van der Waals surface area (Å²) in [5, 5.41) is 14.3. The fourth-order valence-corrected chi connectivity index (χ4v) is 3.84. The lowest BCUT2D eigenvalue weighted by Gasteiger charge is -2.23. The van der Waals surface area contributed by atoms with Crippen LogP contribution in [0.15, 0.2) is 48.5 Å². The van der Waals surface area contributed by atoms with Crippen molar-refractivity contribution in [2.75, 3.05) is 13.1 Å². The smallest absolute Gasteiger partial charge is 0.119 e. The van der Waals surface area contributed by atoms with E-state index in [1.54, 1.807) is 0 Å². The summed E-state index contributed by atoms with van der Waals surface area (Å²) >= 11 is 5.99. The lowest BCUT2D eigenvalue weighted by Crippen LogP contribution is -2.25. The second kappa shape index (κ2) is 10.1. The van der Waals surface area contributed by atoms with Gasteiger partial charge >= 0.3 is 0 Å². The molecule has 0 bridgehead atoms. The molecule has 27 heavy (non-hydrogen) atoms. The molecule has 2 aromatic rings. The van der Waals surface area contributed by atoms with Crippen molar-refractivity contribution in [3.8, 4) is 5.75 Å². The lowest BCUT2D eigenvalue weighted by atomic mass is 9.97. The van der Waals surface area contributed by atoms with Gasteiger partial charge in [0.15, 0.2) is 0 Å². The standard InChI is InChI=1S/C23H30ClNO2/c1-17(15-25-16-23(26)19-6-5-7-20(24)14-19)18-10-12-22(13-11-18)27-21-8-3-2-4-9-21/h5-7,10-14,17,21,23,25-26H,2-4,8-9,15-16H2,1H3. The molecule has 1 saturated carbocycles. The van der Waals surface area contributed by atoms with E-state index < -0.39 is 6.10 Å².